The summed E-state index contributed by atoms with van der Waals surface area (Å²) in [6.45, 7) is 2.82. The summed E-state index contributed by atoms with van der Waals surface area (Å²) in [7, 11) is 3.14. The van der Waals surface area contributed by atoms with E-state index in [1.54, 1.807) is 11.9 Å². The van der Waals surface area contributed by atoms with Crippen LogP contribution in [-0.4, -0.2) is 37.4 Å². The smallest absolute Gasteiger partial charge is 0.409 e. The molecule has 3 nitrogen and oxygen atoms in total. The van der Waals surface area contributed by atoms with Gasteiger partial charge in [0.15, 0.2) is 0 Å². The first kappa shape index (κ1) is 13.9. The topological polar surface area (TPSA) is 29.5 Å². The Hall–Kier alpha value is -1.16. The summed E-state index contributed by atoms with van der Waals surface area (Å²) < 4.78 is 4.64. The van der Waals surface area contributed by atoms with Crippen LogP contribution in [0.2, 0.25) is 0 Å². The van der Waals surface area contributed by atoms with Gasteiger partial charge < -0.3 is 9.64 Å². The maximum absolute atomic E-state index is 11.2. The van der Waals surface area contributed by atoms with Crippen LogP contribution in [0.25, 0.3) is 0 Å². The molecule has 0 heterocycles. The summed E-state index contributed by atoms with van der Waals surface area (Å²) in [5, 5.41) is 0. The molecular weight excluding hydrogens is 234 g/mol. The second kappa shape index (κ2) is 7.22. The molecule has 0 unspecified atom stereocenters. The van der Waals surface area contributed by atoms with Crippen LogP contribution < -0.4 is 0 Å². The van der Waals surface area contributed by atoms with Crippen molar-refractivity contribution in [1.29, 1.82) is 0 Å². The highest BCUT2D eigenvalue weighted by atomic mass is 32.2. The Kier molecular flexibility index (Phi) is 5.91. The van der Waals surface area contributed by atoms with Crippen LogP contribution in [0.1, 0.15) is 12.5 Å². The van der Waals surface area contributed by atoms with Crippen molar-refractivity contribution in [2.45, 2.75) is 18.2 Å². The third kappa shape index (κ3) is 4.69. The fourth-order valence-electron chi connectivity index (χ4n) is 1.46. The van der Waals surface area contributed by atoms with Gasteiger partial charge in [-0.25, -0.2) is 4.79 Å². The van der Waals surface area contributed by atoms with E-state index in [4.69, 9.17) is 0 Å². The quantitative estimate of drug-likeness (QED) is 0.755. The third-order valence-electron chi connectivity index (χ3n) is 2.46. The molecule has 0 aromatic heterocycles. The molecule has 1 aromatic rings. The zero-order valence-electron chi connectivity index (χ0n) is 10.6. The minimum atomic E-state index is -0.289. The van der Waals surface area contributed by atoms with E-state index in [0.717, 1.165) is 12.2 Å². The zero-order valence-corrected chi connectivity index (χ0v) is 11.4. The van der Waals surface area contributed by atoms with Crippen LogP contribution in [0.4, 0.5) is 4.79 Å². The molecule has 0 fully saturated rings. The molecule has 0 bridgehead atoms. The average molecular weight is 253 g/mol. The van der Waals surface area contributed by atoms with Crippen molar-refractivity contribution in [2.24, 2.45) is 0 Å². The molecule has 0 spiro atoms. The van der Waals surface area contributed by atoms with E-state index < -0.39 is 0 Å². The predicted octanol–water partition coefficient (Wildman–Crippen LogP) is 3.04. The number of likely N-dealkylation sites (N-methyl/N-ethyl adjacent to an activating group) is 1. The first-order valence-electron chi connectivity index (χ1n) is 5.68. The molecule has 0 atom stereocenters. The molecule has 0 saturated carbocycles. The van der Waals surface area contributed by atoms with Gasteiger partial charge in [-0.2, -0.15) is 0 Å². The number of hydrogen-bond acceptors (Lipinski definition) is 3. The lowest BCUT2D eigenvalue weighted by atomic mass is 10.1. The lowest BCUT2D eigenvalue weighted by Crippen LogP contribution is -2.28. The molecule has 0 radical (unpaired) electrons. The summed E-state index contributed by atoms with van der Waals surface area (Å²) in [4.78, 5) is 14.0. The first-order chi connectivity index (χ1) is 8.17. The average Bonchev–Trinajstić information content (AvgIpc) is 2.37. The van der Waals surface area contributed by atoms with Crippen molar-refractivity contribution >= 4 is 17.9 Å². The van der Waals surface area contributed by atoms with E-state index in [2.05, 4.69) is 35.9 Å². The van der Waals surface area contributed by atoms with Crippen LogP contribution in [0.5, 0.6) is 0 Å². The second-order valence-corrected chi connectivity index (χ2v) is 5.06. The van der Waals surface area contributed by atoms with E-state index in [-0.39, 0.29) is 6.09 Å². The van der Waals surface area contributed by atoms with Crippen molar-refractivity contribution in [1.82, 2.24) is 4.90 Å². The normalized spacial score (nSPS) is 10.1. The van der Waals surface area contributed by atoms with Gasteiger partial charge in [-0.15, -0.1) is 11.8 Å². The number of carbonyl (C=O) groups excluding carboxylic acids is 1. The summed E-state index contributed by atoms with van der Waals surface area (Å²) in [6.07, 6.45) is 0.561. The monoisotopic (exact) mass is 253 g/mol. The fourth-order valence-corrected chi connectivity index (χ4v) is 2.12. The maximum atomic E-state index is 11.2. The summed E-state index contributed by atoms with van der Waals surface area (Å²) >= 11 is 1.83. The largest absolute Gasteiger partial charge is 0.453 e. The molecular formula is C13H19NO2S. The Morgan fingerprint density at radius 2 is 2.00 bits per heavy atom. The minimum absolute atomic E-state index is 0.289. The highest BCUT2D eigenvalue weighted by Crippen LogP contribution is 2.17. The van der Waals surface area contributed by atoms with Gasteiger partial charge in [-0.3, -0.25) is 0 Å². The highest BCUT2D eigenvalue weighted by Gasteiger charge is 2.07. The van der Waals surface area contributed by atoms with Crippen LogP contribution in [0, 0.1) is 0 Å². The molecule has 4 heteroatoms. The number of benzene rings is 1. The van der Waals surface area contributed by atoms with E-state index in [1.165, 1.54) is 17.6 Å². The van der Waals surface area contributed by atoms with Crippen LogP contribution in [0.15, 0.2) is 29.2 Å². The Morgan fingerprint density at radius 3 is 2.53 bits per heavy atom. The maximum Gasteiger partial charge on any atom is 0.409 e. The molecule has 1 aromatic carbocycles. The molecule has 17 heavy (non-hydrogen) atoms. The summed E-state index contributed by atoms with van der Waals surface area (Å²) in [5.41, 5.74) is 1.24. The van der Waals surface area contributed by atoms with Gasteiger partial charge in [0.1, 0.15) is 0 Å². The third-order valence-corrected chi connectivity index (χ3v) is 3.35. The Bertz CT molecular complexity index is 351. The molecule has 1 amide bonds. The van der Waals surface area contributed by atoms with E-state index in [0.29, 0.717) is 6.54 Å². The second-order valence-electron chi connectivity index (χ2n) is 3.72. The molecule has 0 aliphatic rings. The molecule has 0 aliphatic heterocycles. The standard InChI is InChI=1S/C13H19NO2S/c1-4-17-12-7-5-11(6-8-12)9-10-14(2)13(15)16-3/h5-8H,4,9-10H2,1-3H3. The van der Waals surface area contributed by atoms with Crippen molar-refractivity contribution in [3.05, 3.63) is 29.8 Å². The van der Waals surface area contributed by atoms with E-state index >= 15 is 0 Å². The minimum Gasteiger partial charge on any atom is -0.453 e. The Balaban J connectivity index is 2.44. The van der Waals surface area contributed by atoms with E-state index in [9.17, 15) is 4.79 Å². The van der Waals surface area contributed by atoms with Crippen molar-refractivity contribution in [2.75, 3.05) is 26.5 Å². The van der Waals surface area contributed by atoms with Gasteiger partial charge in [-0.05, 0) is 29.9 Å². The number of hydrogen-bond donors (Lipinski definition) is 0. The number of methoxy groups -OCH3 is 1. The number of amides is 1. The van der Waals surface area contributed by atoms with Gasteiger partial charge in [-0.1, -0.05) is 19.1 Å². The number of nitrogens with zero attached hydrogens (tertiary/aromatic N) is 1. The molecule has 94 valence electrons. The van der Waals surface area contributed by atoms with Gasteiger partial charge in [0.25, 0.3) is 0 Å². The lowest BCUT2D eigenvalue weighted by Gasteiger charge is -2.15. The van der Waals surface area contributed by atoms with Crippen molar-refractivity contribution < 1.29 is 9.53 Å². The number of ether oxygens (including phenoxy) is 1. The van der Waals surface area contributed by atoms with Crippen molar-refractivity contribution in [3.8, 4) is 0 Å². The predicted molar refractivity (Wildman–Crippen MR) is 71.6 cm³/mol. The number of rotatable bonds is 5. The van der Waals surface area contributed by atoms with E-state index in [1.807, 2.05) is 11.8 Å². The van der Waals surface area contributed by atoms with Crippen LogP contribution >= 0.6 is 11.8 Å². The SMILES string of the molecule is CCSc1ccc(CCN(C)C(=O)OC)cc1. The highest BCUT2D eigenvalue weighted by molar-refractivity contribution is 7.99. The fraction of sp³-hybridized carbons (Fsp3) is 0.462. The van der Waals surface area contributed by atoms with Gasteiger partial charge >= 0.3 is 6.09 Å². The van der Waals surface area contributed by atoms with Gasteiger partial charge in [0, 0.05) is 18.5 Å². The number of carbonyl (C=O) groups is 1. The Labute approximate surface area is 107 Å². The number of thioether (sulfide) groups is 1. The van der Waals surface area contributed by atoms with Gasteiger partial charge in [0.2, 0.25) is 0 Å². The van der Waals surface area contributed by atoms with Crippen LogP contribution in [0.3, 0.4) is 0 Å². The summed E-state index contributed by atoms with van der Waals surface area (Å²) in [5.74, 6) is 1.09. The Morgan fingerprint density at radius 1 is 1.35 bits per heavy atom. The molecule has 0 saturated heterocycles. The zero-order chi connectivity index (χ0) is 12.7. The lowest BCUT2D eigenvalue weighted by molar-refractivity contribution is 0.134. The summed E-state index contributed by atoms with van der Waals surface area (Å²) in [6, 6.07) is 8.48. The van der Waals surface area contributed by atoms with Gasteiger partial charge in [0.05, 0.1) is 7.11 Å². The first-order valence-corrected chi connectivity index (χ1v) is 6.66. The van der Waals surface area contributed by atoms with Crippen LogP contribution in [-0.2, 0) is 11.2 Å². The van der Waals surface area contributed by atoms with Crippen molar-refractivity contribution in [3.63, 3.8) is 0 Å². The molecule has 0 aliphatic carbocycles. The molecule has 0 N–H and O–H groups in total. The molecule has 1 rings (SSSR count).